The van der Waals surface area contributed by atoms with Gasteiger partial charge in [-0.2, -0.15) is 15.1 Å². The number of aliphatic imine (C=N–C) groups is 1. The minimum absolute atomic E-state index is 0.0131. The molecule has 8 heteroatoms. The van der Waals surface area contributed by atoms with Gasteiger partial charge in [0.1, 0.15) is 10.9 Å². The molecule has 3 heterocycles. The van der Waals surface area contributed by atoms with Gasteiger partial charge < -0.3 is 4.57 Å². The predicted octanol–water partition coefficient (Wildman–Crippen LogP) is 5.29. The molecule has 1 amide bonds. The molecule has 2 aliphatic heterocycles. The van der Waals surface area contributed by atoms with Crippen molar-refractivity contribution in [3.8, 4) is 5.69 Å². The van der Waals surface area contributed by atoms with Crippen LogP contribution in [0.4, 0.5) is 4.39 Å². The zero-order valence-electron chi connectivity index (χ0n) is 17.9. The second kappa shape index (κ2) is 8.26. The lowest BCUT2D eigenvalue weighted by atomic mass is 10.1. The summed E-state index contributed by atoms with van der Waals surface area (Å²) in [6.07, 6.45) is 3.53. The molecule has 4 rings (SSSR count). The van der Waals surface area contributed by atoms with Gasteiger partial charge in [-0.05, 0) is 68.3 Å². The van der Waals surface area contributed by atoms with Crippen LogP contribution in [0.15, 0.2) is 46.0 Å². The molecule has 2 aliphatic rings. The average Bonchev–Trinajstić information content (AvgIpc) is 3.27. The quantitative estimate of drug-likeness (QED) is 0.646. The van der Waals surface area contributed by atoms with Gasteiger partial charge >= 0.3 is 0 Å². The number of fused-ring (bicyclic) bond motifs is 1. The van der Waals surface area contributed by atoms with Crippen LogP contribution in [-0.4, -0.2) is 31.5 Å². The van der Waals surface area contributed by atoms with E-state index in [0.717, 1.165) is 34.8 Å². The van der Waals surface area contributed by atoms with Crippen molar-refractivity contribution >= 4 is 39.8 Å². The fraction of sp³-hybridized carbons (Fsp3) is 0.304. The molecule has 0 radical (unpaired) electrons. The van der Waals surface area contributed by atoms with Crippen molar-refractivity contribution in [3.63, 3.8) is 0 Å². The molecular weight excluding hydrogens is 413 g/mol. The first kappa shape index (κ1) is 21.2. The second-order valence-corrected chi connectivity index (χ2v) is 8.57. The Hall–Kier alpha value is -3.00. The summed E-state index contributed by atoms with van der Waals surface area (Å²) in [5.74, 6) is -0.482. The monoisotopic (exact) mass is 437 g/mol. The molecule has 0 spiro atoms. The van der Waals surface area contributed by atoms with Crippen LogP contribution < -0.4 is 0 Å². The Labute approximate surface area is 185 Å². The van der Waals surface area contributed by atoms with Gasteiger partial charge in [-0.3, -0.25) is 10.2 Å². The first-order valence-corrected chi connectivity index (χ1v) is 11.1. The third-order valence-corrected chi connectivity index (χ3v) is 6.74. The third kappa shape index (κ3) is 3.65. The summed E-state index contributed by atoms with van der Waals surface area (Å²) in [6, 6.07) is 8.45. The first-order valence-electron chi connectivity index (χ1n) is 10.3. The number of halogens is 1. The van der Waals surface area contributed by atoms with E-state index in [0.29, 0.717) is 10.9 Å². The van der Waals surface area contributed by atoms with Crippen molar-refractivity contribution in [1.29, 1.82) is 5.41 Å². The maximum absolute atomic E-state index is 14.4. The van der Waals surface area contributed by atoms with Gasteiger partial charge in [0.15, 0.2) is 5.84 Å². The van der Waals surface area contributed by atoms with Crippen LogP contribution in [0.1, 0.15) is 43.6 Å². The number of carbonyl (C=O) groups excluding carboxylic acids is 1. The Kier molecular flexibility index (Phi) is 5.66. The summed E-state index contributed by atoms with van der Waals surface area (Å²) >= 11 is 1.37. The zero-order valence-corrected chi connectivity index (χ0v) is 18.8. The van der Waals surface area contributed by atoms with Crippen LogP contribution in [-0.2, 0) is 4.79 Å². The molecule has 31 heavy (non-hydrogen) atoms. The zero-order chi connectivity index (χ0) is 22.3. The summed E-state index contributed by atoms with van der Waals surface area (Å²) in [5, 5.41) is 15.9. The Bertz CT molecular complexity index is 1170. The Balaban J connectivity index is 1.73. The third-order valence-electron chi connectivity index (χ3n) is 5.67. The van der Waals surface area contributed by atoms with Crippen LogP contribution >= 0.6 is 11.8 Å². The lowest BCUT2D eigenvalue weighted by molar-refractivity contribution is -0.114. The van der Waals surface area contributed by atoms with Gasteiger partial charge in [-0.15, -0.1) is 0 Å². The number of hydrazone groups is 1. The van der Waals surface area contributed by atoms with E-state index in [-0.39, 0.29) is 23.1 Å². The van der Waals surface area contributed by atoms with Crippen LogP contribution in [0.25, 0.3) is 11.8 Å². The molecule has 0 atom stereocenters. The van der Waals surface area contributed by atoms with Gasteiger partial charge in [0.25, 0.3) is 5.91 Å². The molecule has 0 bridgehead atoms. The van der Waals surface area contributed by atoms with Gasteiger partial charge in [-0.1, -0.05) is 26.0 Å². The van der Waals surface area contributed by atoms with Crippen LogP contribution in [0, 0.1) is 31.0 Å². The Morgan fingerprint density at radius 2 is 1.94 bits per heavy atom. The van der Waals surface area contributed by atoms with Crippen LogP contribution in [0.2, 0.25) is 0 Å². The van der Waals surface area contributed by atoms with Crippen molar-refractivity contribution in [1.82, 2.24) is 9.58 Å². The van der Waals surface area contributed by atoms with E-state index < -0.39 is 5.91 Å². The molecule has 0 saturated heterocycles. The lowest BCUT2D eigenvalue weighted by Gasteiger charge is -2.20. The molecule has 0 fully saturated rings. The second-order valence-electron chi connectivity index (χ2n) is 7.58. The molecule has 1 aromatic carbocycles. The standard InChI is InChI=1S/C23H24FN5OS/c1-5-15(6-2)22-27-29-20(25)17(21(30)26-23(29)31-22)12-16-11-13(3)28(14(16)4)19-10-8-7-9-18(19)24/h7-12,15,25H,5-6H2,1-4H3/b17-12+,25-20?. The predicted molar refractivity (Wildman–Crippen MR) is 124 cm³/mol. The average molecular weight is 438 g/mol. The molecule has 160 valence electrons. The number of amidine groups is 2. The Morgan fingerprint density at radius 1 is 1.23 bits per heavy atom. The summed E-state index contributed by atoms with van der Waals surface area (Å²) in [6.45, 7) is 7.95. The van der Waals surface area contributed by atoms with E-state index in [9.17, 15) is 9.18 Å². The minimum atomic E-state index is -0.458. The maximum Gasteiger partial charge on any atom is 0.283 e. The maximum atomic E-state index is 14.4. The van der Waals surface area contributed by atoms with Crippen molar-refractivity contribution in [2.45, 2.75) is 40.5 Å². The summed E-state index contributed by atoms with van der Waals surface area (Å²) < 4.78 is 16.2. The van der Waals surface area contributed by atoms with Crippen LogP contribution in [0.3, 0.4) is 0 Å². The molecule has 6 nitrogen and oxygen atoms in total. The number of aryl methyl sites for hydroxylation is 1. The molecule has 2 aromatic rings. The van der Waals surface area contributed by atoms with E-state index >= 15 is 0 Å². The van der Waals surface area contributed by atoms with Crippen molar-refractivity contribution < 1.29 is 9.18 Å². The fourth-order valence-electron chi connectivity index (χ4n) is 3.90. The Morgan fingerprint density at radius 3 is 2.61 bits per heavy atom. The number of hydrogen-bond acceptors (Lipinski definition) is 4. The van der Waals surface area contributed by atoms with Crippen molar-refractivity contribution in [3.05, 3.63) is 58.7 Å². The summed E-state index contributed by atoms with van der Waals surface area (Å²) in [5.41, 5.74) is 2.97. The number of nitrogens with zero attached hydrogens (tertiary/aromatic N) is 4. The molecule has 1 N–H and O–H groups in total. The number of hydrogen-bond donors (Lipinski definition) is 1. The number of carbonyl (C=O) groups is 1. The number of rotatable bonds is 5. The number of para-hydroxylation sites is 1. The molecule has 0 aliphatic carbocycles. The minimum Gasteiger partial charge on any atom is -0.315 e. The van der Waals surface area contributed by atoms with E-state index in [1.54, 1.807) is 24.3 Å². The van der Waals surface area contributed by atoms with Crippen LogP contribution in [0.5, 0.6) is 0 Å². The number of thioether (sulfide) groups is 1. The highest BCUT2D eigenvalue weighted by Crippen LogP contribution is 2.33. The summed E-state index contributed by atoms with van der Waals surface area (Å²) in [4.78, 5) is 16.9. The highest BCUT2D eigenvalue weighted by molar-refractivity contribution is 8.27. The largest absolute Gasteiger partial charge is 0.315 e. The lowest BCUT2D eigenvalue weighted by Crippen LogP contribution is -2.35. The fourth-order valence-corrected chi connectivity index (χ4v) is 5.06. The summed E-state index contributed by atoms with van der Waals surface area (Å²) in [7, 11) is 0. The number of aromatic nitrogens is 1. The van der Waals surface area contributed by atoms with Gasteiger partial charge in [0.2, 0.25) is 5.17 Å². The number of benzene rings is 1. The van der Waals surface area contributed by atoms with Gasteiger partial charge in [-0.25, -0.2) is 4.39 Å². The molecule has 1 aromatic heterocycles. The van der Waals surface area contributed by atoms with E-state index in [1.807, 2.05) is 24.5 Å². The van der Waals surface area contributed by atoms with Crippen molar-refractivity contribution in [2.75, 3.05) is 0 Å². The molecular formula is C23H24FN5OS. The van der Waals surface area contributed by atoms with Gasteiger partial charge in [0.05, 0.1) is 11.3 Å². The molecule has 0 saturated carbocycles. The van der Waals surface area contributed by atoms with E-state index in [4.69, 9.17) is 5.41 Å². The van der Waals surface area contributed by atoms with E-state index in [2.05, 4.69) is 23.9 Å². The highest BCUT2D eigenvalue weighted by atomic mass is 32.2. The molecule has 0 unspecified atom stereocenters. The van der Waals surface area contributed by atoms with Crippen molar-refractivity contribution in [2.24, 2.45) is 16.0 Å². The number of nitrogens with one attached hydrogen (secondary N) is 1. The first-order chi connectivity index (χ1) is 14.8. The van der Waals surface area contributed by atoms with Gasteiger partial charge in [0, 0.05) is 17.3 Å². The normalized spacial score (nSPS) is 17.5. The van der Waals surface area contributed by atoms with E-state index in [1.165, 1.54) is 22.8 Å². The highest BCUT2D eigenvalue weighted by Gasteiger charge is 2.37. The SMILES string of the molecule is CCC(CC)C1=NN2C(=N)/C(=C\c3cc(C)n(-c4ccccc4F)c3C)C(=O)N=C2S1. The smallest absolute Gasteiger partial charge is 0.283 e. The number of amides is 1. The topological polar surface area (TPSA) is 73.8 Å².